The minimum atomic E-state index is -1.09. The molecule has 0 aliphatic carbocycles. The third-order valence-electron chi connectivity index (χ3n) is 2.25. The van der Waals surface area contributed by atoms with Gasteiger partial charge >= 0.3 is 0 Å². The standard InChI is InChI=1S/C12H13F2NO2/c1-7(2)11(16)6-15-12(17)8-3-4-9(13)10(14)5-8/h3-5,7H,6H2,1-2H3,(H,15,17). The lowest BCUT2D eigenvalue weighted by atomic mass is 10.1. The van der Waals surface area contributed by atoms with Gasteiger partial charge in [-0.25, -0.2) is 8.78 Å². The van der Waals surface area contributed by atoms with E-state index in [1.165, 1.54) is 0 Å². The molecule has 0 atom stereocenters. The van der Waals surface area contributed by atoms with E-state index in [1.54, 1.807) is 13.8 Å². The summed E-state index contributed by atoms with van der Waals surface area (Å²) in [6, 6.07) is 2.83. The molecular weight excluding hydrogens is 228 g/mol. The molecule has 0 aliphatic heterocycles. The van der Waals surface area contributed by atoms with Crippen molar-refractivity contribution in [3.05, 3.63) is 35.4 Å². The van der Waals surface area contributed by atoms with Crippen LogP contribution in [0.4, 0.5) is 8.78 Å². The fourth-order valence-electron chi connectivity index (χ4n) is 1.11. The number of hydrogen-bond donors (Lipinski definition) is 1. The predicted octanol–water partition coefficient (Wildman–Crippen LogP) is 1.92. The summed E-state index contributed by atoms with van der Waals surface area (Å²) in [5, 5.41) is 2.35. The average Bonchev–Trinajstić information content (AvgIpc) is 2.28. The van der Waals surface area contributed by atoms with E-state index in [9.17, 15) is 18.4 Å². The van der Waals surface area contributed by atoms with Gasteiger partial charge in [-0.1, -0.05) is 13.8 Å². The molecule has 5 heteroatoms. The highest BCUT2D eigenvalue weighted by Crippen LogP contribution is 2.08. The fraction of sp³-hybridized carbons (Fsp3) is 0.333. The highest BCUT2D eigenvalue weighted by Gasteiger charge is 2.12. The van der Waals surface area contributed by atoms with Gasteiger partial charge in [-0.3, -0.25) is 9.59 Å². The maximum absolute atomic E-state index is 12.8. The number of carbonyl (C=O) groups is 2. The molecule has 0 heterocycles. The van der Waals surface area contributed by atoms with E-state index in [0.29, 0.717) is 0 Å². The summed E-state index contributed by atoms with van der Waals surface area (Å²) in [7, 11) is 0. The minimum Gasteiger partial charge on any atom is -0.345 e. The summed E-state index contributed by atoms with van der Waals surface area (Å²) in [5.41, 5.74) is -0.0135. The minimum absolute atomic E-state index is 0.0135. The molecule has 92 valence electrons. The van der Waals surface area contributed by atoms with Gasteiger partial charge in [-0.2, -0.15) is 0 Å². The van der Waals surface area contributed by atoms with Gasteiger partial charge in [0.15, 0.2) is 17.4 Å². The van der Waals surface area contributed by atoms with Crippen molar-refractivity contribution in [1.82, 2.24) is 5.32 Å². The zero-order chi connectivity index (χ0) is 13.0. The molecule has 1 aromatic rings. The van der Waals surface area contributed by atoms with Crippen molar-refractivity contribution < 1.29 is 18.4 Å². The van der Waals surface area contributed by atoms with Gasteiger partial charge < -0.3 is 5.32 Å². The second-order valence-electron chi connectivity index (χ2n) is 3.93. The number of carbonyl (C=O) groups excluding carboxylic acids is 2. The van der Waals surface area contributed by atoms with Gasteiger partial charge in [-0.15, -0.1) is 0 Å². The van der Waals surface area contributed by atoms with Crippen molar-refractivity contribution >= 4 is 11.7 Å². The van der Waals surface area contributed by atoms with Crippen LogP contribution < -0.4 is 5.32 Å². The van der Waals surface area contributed by atoms with E-state index in [2.05, 4.69) is 5.32 Å². The number of rotatable bonds is 4. The molecule has 0 aromatic heterocycles. The van der Waals surface area contributed by atoms with Crippen LogP contribution in [-0.4, -0.2) is 18.2 Å². The van der Waals surface area contributed by atoms with Crippen LogP contribution in [0.2, 0.25) is 0 Å². The molecule has 1 aromatic carbocycles. The topological polar surface area (TPSA) is 46.2 Å². The number of benzene rings is 1. The molecule has 3 nitrogen and oxygen atoms in total. The Morgan fingerprint density at radius 3 is 2.41 bits per heavy atom. The van der Waals surface area contributed by atoms with Crippen molar-refractivity contribution in [2.45, 2.75) is 13.8 Å². The molecule has 0 unspecified atom stereocenters. The molecule has 17 heavy (non-hydrogen) atoms. The Morgan fingerprint density at radius 1 is 1.24 bits per heavy atom. The van der Waals surface area contributed by atoms with Crippen LogP contribution >= 0.6 is 0 Å². The van der Waals surface area contributed by atoms with Crippen molar-refractivity contribution in [1.29, 1.82) is 0 Å². The third kappa shape index (κ3) is 3.62. The lowest BCUT2D eigenvalue weighted by molar-refractivity contribution is -0.120. The number of ketones is 1. The van der Waals surface area contributed by atoms with Gasteiger partial charge in [0, 0.05) is 11.5 Å². The van der Waals surface area contributed by atoms with Crippen molar-refractivity contribution in [3.63, 3.8) is 0 Å². The Labute approximate surface area is 97.8 Å². The summed E-state index contributed by atoms with van der Waals surface area (Å²) in [4.78, 5) is 22.7. The molecule has 0 bridgehead atoms. The highest BCUT2D eigenvalue weighted by molar-refractivity contribution is 5.96. The van der Waals surface area contributed by atoms with E-state index in [-0.39, 0.29) is 23.8 Å². The monoisotopic (exact) mass is 241 g/mol. The maximum atomic E-state index is 12.8. The number of halogens is 2. The highest BCUT2D eigenvalue weighted by atomic mass is 19.2. The first-order valence-electron chi connectivity index (χ1n) is 5.17. The molecule has 0 spiro atoms. The van der Waals surface area contributed by atoms with Crippen molar-refractivity contribution in [2.75, 3.05) is 6.54 Å². The van der Waals surface area contributed by atoms with Gasteiger partial charge in [-0.05, 0) is 18.2 Å². The van der Waals surface area contributed by atoms with E-state index in [4.69, 9.17) is 0 Å². The number of Topliss-reactive ketones (excluding diaryl/α,β-unsaturated/α-hetero) is 1. The van der Waals surface area contributed by atoms with E-state index < -0.39 is 17.5 Å². The summed E-state index contributed by atoms with van der Waals surface area (Å²) in [6.45, 7) is 3.31. The number of nitrogens with one attached hydrogen (secondary N) is 1. The van der Waals surface area contributed by atoms with Gasteiger partial charge in [0.1, 0.15) is 0 Å². The second-order valence-corrected chi connectivity index (χ2v) is 3.93. The first-order chi connectivity index (χ1) is 7.91. The Balaban J connectivity index is 2.64. The van der Waals surface area contributed by atoms with Crippen LogP contribution in [0.15, 0.2) is 18.2 Å². The van der Waals surface area contributed by atoms with Gasteiger partial charge in [0.25, 0.3) is 5.91 Å². The maximum Gasteiger partial charge on any atom is 0.251 e. The van der Waals surface area contributed by atoms with Crippen LogP contribution in [-0.2, 0) is 4.79 Å². The fourth-order valence-corrected chi connectivity index (χ4v) is 1.11. The van der Waals surface area contributed by atoms with Crippen molar-refractivity contribution in [2.24, 2.45) is 5.92 Å². The van der Waals surface area contributed by atoms with Crippen LogP contribution in [0.25, 0.3) is 0 Å². The van der Waals surface area contributed by atoms with E-state index in [0.717, 1.165) is 18.2 Å². The number of hydrogen-bond acceptors (Lipinski definition) is 2. The van der Waals surface area contributed by atoms with Crippen LogP contribution in [0.5, 0.6) is 0 Å². The molecule has 1 rings (SSSR count). The van der Waals surface area contributed by atoms with Gasteiger partial charge in [0.2, 0.25) is 0 Å². The van der Waals surface area contributed by atoms with E-state index in [1.807, 2.05) is 0 Å². The third-order valence-corrected chi connectivity index (χ3v) is 2.25. The predicted molar refractivity (Wildman–Crippen MR) is 58.5 cm³/mol. The van der Waals surface area contributed by atoms with Crippen LogP contribution in [0, 0.1) is 17.6 Å². The molecule has 0 saturated heterocycles. The molecular formula is C12H13F2NO2. The Bertz CT molecular complexity index is 444. The summed E-state index contributed by atoms with van der Waals surface area (Å²) in [5.74, 6) is -3.01. The zero-order valence-electron chi connectivity index (χ0n) is 9.59. The Kier molecular flexibility index (Phi) is 4.31. The molecule has 1 amide bonds. The first kappa shape index (κ1) is 13.3. The molecule has 0 fully saturated rings. The quantitative estimate of drug-likeness (QED) is 0.875. The lowest BCUT2D eigenvalue weighted by Gasteiger charge is -2.06. The molecule has 1 N–H and O–H groups in total. The first-order valence-corrected chi connectivity index (χ1v) is 5.17. The molecule has 0 aliphatic rings. The molecule has 0 radical (unpaired) electrons. The smallest absolute Gasteiger partial charge is 0.251 e. The van der Waals surface area contributed by atoms with E-state index >= 15 is 0 Å². The lowest BCUT2D eigenvalue weighted by Crippen LogP contribution is -2.31. The largest absolute Gasteiger partial charge is 0.345 e. The zero-order valence-corrected chi connectivity index (χ0v) is 9.59. The summed E-state index contributed by atoms with van der Waals surface area (Å²) in [6.07, 6.45) is 0. The van der Waals surface area contributed by atoms with Crippen LogP contribution in [0.1, 0.15) is 24.2 Å². The normalized spacial score (nSPS) is 10.4. The SMILES string of the molecule is CC(C)C(=O)CNC(=O)c1ccc(F)c(F)c1. The Morgan fingerprint density at radius 2 is 1.88 bits per heavy atom. The molecule has 0 saturated carbocycles. The summed E-state index contributed by atoms with van der Waals surface area (Å²) < 4.78 is 25.5. The number of amides is 1. The van der Waals surface area contributed by atoms with Crippen molar-refractivity contribution in [3.8, 4) is 0 Å². The Hall–Kier alpha value is -1.78. The van der Waals surface area contributed by atoms with Crippen LogP contribution in [0.3, 0.4) is 0 Å². The summed E-state index contributed by atoms with van der Waals surface area (Å²) >= 11 is 0. The van der Waals surface area contributed by atoms with Gasteiger partial charge in [0.05, 0.1) is 6.54 Å². The average molecular weight is 241 g/mol. The second kappa shape index (κ2) is 5.52.